The average Bonchev–Trinajstić information content (AvgIpc) is 2.67. The summed E-state index contributed by atoms with van der Waals surface area (Å²) >= 11 is 0. The summed E-state index contributed by atoms with van der Waals surface area (Å²) < 4.78 is 0. The number of carboxylic acid groups (broad SMARTS) is 1. The van der Waals surface area contributed by atoms with Crippen molar-refractivity contribution in [1.82, 2.24) is 10.2 Å². The third kappa shape index (κ3) is 17.0. The molecule has 0 bridgehead atoms. The number of hydrogen-bond acceptors (Lipinski definition) is 5. The van der Waals surface area contributed by atoms with Crippen LogP contribution in [0.2, 0.25) is 0 Å². The maximum atomic E-state index is 11.8. The van der Waals surface area contributed by atoms with Crippen LogP contribution in [0.5, 0.6) is 0 Å². The van der Waals surface area contributed by atoms with Crippen molar-refractivity contribution in [3.05, 3.63) is 0 Å². The number of aliphatic hydroxyl groups excluding tert-OH is 2. The van der Waals surface area contributed by atoms with Crippen LogP contribution in [-0.2, 0) is 9.59 Å². The quantitative estimate of drug-likeness (QED) is 0.184. The minimum atomic E-state index is -1.23. The molecule has 0 aliphatic carbocycles. The molecule has 7 nitrogen and oxygen atoms in total. The van der Waals surface area contributed by atoms with Crippen molar-refractivity contribution < 1.29 is 24.9 Å². The van der Waals surface area contributed by atoms with Gasteiger partial charge in [-0.1, -0.05) is 77.6 Å². The number of carboxylic acids is 1. The zero-order valence-electron chi connectivity index (χ0n) is 17.7. The molecule has 1 atom stereocenters. The number of nitrogens with zero attached hydrogens (tertiary/aromatic N) is 1. The Labute approximate surface area is 170 Å². The van der Waals surface area contributed by atoms with E-state index in [0.29, 0.717) is 6.42 Å². The maximum absolute atomic E-state index is 11.8. The SMILES string of the molecule is CCCCCCCCCCCCCCC(=O)NCCN(CC(=O)O)C(O)CO. The van der Waals surface area contributed by atoms with Crippen LogP contribution in [0.25, 0.3) is 0 Å². The van der Waals surface area contributed by atoms with Crippen LogP contribution < -0.4 is 5.32 Å². The van der Waals surface area contributed by atoms with Gasteiger partial charge in [0.2, 0.25) is 5.91 Å². The van der Waals surface area contributed by atoms with Gasteiger partial charge in [0.05, 0.1) is 13.2 Å². The highest BCUT2D eigenvalue weighted by Crippen LogP contribution is 2.12. The highest BCUT2D eigenvalue weighted by atomic mass is 16.4. The van der Waals surface area contributed by atoms with E-state index in [9.17, 15) is 14.7 Å². The van der Waals surface area contributed by atoms with Crippen LogP contribution >= 0.6 is 0 Å². The van der Waals surface area contributed by atoms with E-state index in [0.717, 1.165) is 19.3 Å². The Balaban J connectivity index is 3.53. The number of hydrogen-bond donors (Lipinski definition) is 4. The first-order valence-electron chi connectivity index (χ1n) is 11.0. The van der Waals surface area contributed by atoms with Crippen LogP contribution in [0.3, 0.4) is 0 Å². The molecule has 0 heterocycles. The second-order valence-electron chi connectivity index (χ2n) is 7.52. The first kappa shape index (κ1) is 26.8. The van der Waals surface area contributed by atoms with Crippen molar-refractivity contribution in [2.24, 2.45) is 0 Å². The molecule has 0 aromatic rings. The average molecular weight is 403 g/mol. The van der Waals surface area contributed by atoms with Gasteiger partial charge in [0.15, 0.2) is 0 Å². The number of unbranched alkanes of at least 4 members (excludes halogenated alkanes) is 11. The first-order chi connectivity index (χ1) is 13.5. The van der Waals surface area contributed by atoms with E-state index in [-0.39, 0.29) is 25.5 Å². The summed E-state index contributed by atoms with van der Waals surface area (Å²) in [5.74, 6) is -1.14. The lowest BCUT2D eigenvalue weighted by Gasteiger charge is -2.24. The van der Waals surface area contributed by atoms with Gasteiger partial charge in [-0.25, -0.2) is 0 Å². The highest BCUT2D eigenvalue weighted by Gasteiger charge is 2.17. The predicted octanol–water partition coefficient (Wildman–Crippen LogP) is 2.89. The Morgan fingerprint density at radius 3 is 1.86 bits per heavy atom. The molecule has 7 heteroatoms. The molecule has 0 rings (SSSR count). The molecule has 1 unspecified atom stereocenters. The van der Waals surface area contributed by atoms with Crippen molar-refractivity contribution in [1.29, 1.82) is 0 Å². The minimum Gasteiger partial charge on any atom is -0.480 e. The van der Waals surface area contributed by atoms with Crippen molar-refractivity contribution in [2.75, 3.05) is 26.2 Å². The number of carbonyl (C=O) groups is 2. The number of aliphatic carboxylic acids is 1. The van der Waals surface area contributed by atoms with Crippen LogP contribution in [-0.4, -0.2) is 64.6 Å². The molecule has 0 aliphatic rings. The van der Waals surface area contributed by atoms with Gasteiger partial charge in [0, 0.05) is 19.5 Å². The molecule has 0 fully saturated rings. The van der Waals surface area contributed by atoms with Gasteiger partial charge < -0.3 is 20.6 Å². The summed E-state index contributed by atoms with van der Waals surface area (Å²) in [6.45, 7) is 1.75. The molecule has 0 aromatic carbocycles. The van der Waals surface area contributed by atoms with E-state index < -0.39 is 18.8 Å². The summed E-state index contributed by atoms with van der Waals surface area (Å²) in [6.07, 6.45) is 14.3. The largest absolute Gasteiger partial charge is 0.480 e. The lowest BCUT2D eigenvalue weighted by Crippen LogP contribution is -2.45. The summed E-state index contributed by atoms with van der Waals surface area (Å²) in [5.41, 5.74) is 0. The molecule has 4 N–H and O–H groups in total. The lowest BCUT2D eigenvalue weighted by atomic mass is 10.0. The Morgan fingerprint density at radius 1 is 0.893 bits per heavy atom. The third-order valence-electron chi connectivity index (χ3n) is 4.90. The highest BCUT2D eigenvalue weighted by molar-refractivity contribution is 5.75. The Morgan fingerprint density at radius 2 is 1.39 bits per heavy atom. The van der Waals surface area contributed by atoms with Gasteiger partial charge in [0.25, 0.3) is 0 Å². The fourth-order valence-electron chi connectivity index (χ4n) is 3.18. The zero-order chi connectivity index (χ0) is 21.0. The Kier molecular flexibility index (Phi) is 18.3. The van der Waals surface area contributed by atoms with Crippen molar-refractivity contribution >= 4 is 11.9 Å². The van der Waals surface area contributed by atoms with Crippen LogP contribution in [0.4, 0.5) is 0 Å². The van der Waals surface area contributed by atoms with E-state index in [1.807, 2.05) is 0 Å². The monoisotopic (exact) mass is 402 g/mol. The normalized spacial score (nSPS) is 12.3. The van der Waals surface area contributed by atoms with E-state index >= 15 is 0 Å². The van der Waals surface area contributed by atoms with E-state index in [1.54, 1.807) is 0 Å². The topological polar surface area (TPSA) is 110 Å². The fraction of sp³-hybridized carbons (Fsp3) is 0.905. The molecule has 0 aliphatic heterocycles. The van der Waals surface area contributed by atoms with Gasteiger partial charge >= 0.3 is 5.97 Å². The molecular weight excluding hydrogens is 360 g/mol. The molecule has 0 radical (unpaired) electrons. The second kappa shape index (κ2) is 19.2. The van der Waals surface area contributed by atoms with Crippen molar-refractivity contribution in [2.45, 2.75) is 96.6 Å². The summed E-state index contributed by atoms with van der Waals surface area (Å²) in [4.78, 5) is 23.8. The molecule has 0 aromatic heterocycles. The summed E-state index contributed by atoms with van der Waals surface area (Å²) in [6, 6.07) is 0. The van der Waals surface area contributed by atoms with Crippen LogP contribution in [0.1, 0.15) is 90.4 Å². The van der Waals surface area contributed by atoms with Gasteiger partial charge in [0.1, 0.15) is 6.23 Å². The van der Waals surface area contributed by atoms with E-state index in [1.165, 1.54) is 62.7 Å². The fourth-order valence-corrected chi connectivity index (χ4v) is 3.18. The number of amides is 1. The van der Waals surface area contributed by atoms with Crippen LogP contribution in [0, 0.1) is 0 Å². The number of nitrogens with one attached hydrogen (secondary N) is 1. The standard InChI is InChI=1S/C21H42N2O5/c1-2-3-4-5-6-7-8-9-10-11-12-13-14-19(25)22-15-16-23(17-21(27)28)20(26)18-24/h20,24,26H,2-18H2,1H3,(H,22,25)(H,27,28). The predicted molar refractivity (Wildman–Crippen MR) is 111 cm³/mol. The maximum Gasteiger partial charge on any atom is 0.317 e. The van der Waals surface area contributed by atoms with Gasteiger partial charge in [-0.15, -0.1) is 0 Å². The van der Waals surface area contributed by atoms with Gasteiger partial charge in [-0.3, -0.25) is 14.5 Å². The number of carbonyl (C=O) groups excluding carboxylic acids is 1. The molecular formula is C21H42N2O5. The minimum absolute atomic E-state index is 0.0548. The Bertz CT molecular complexity index is 393. The first-order valence-corrected chi connectivity index (χ1v) is 11.0. The van der Waals surface area contributed by atoms with Gasteiger partial charge in [-0.2, -0.15) is 0 Å². The molecule has 28 heavy (non-hydrogen) atoms. The van der Waals surface area contributed by atoms with Gasteiger partial charge in [-0.05, 0) is 6.42 Å². The van der Waals surface area contributed by atoms with Crippen LogP contribution in [0.15, 0.2) is 0 Å². The molecule has 0 saturated heterocycles. The smallest absolute Gasteiger partial charge is 0.317 e. The molecule has 1 amide bonds. The van der Waals surface area contributed by atoms with Crippen molar-refractivity contribution in [3.63, 3.8) is 0 Å². The third-order valence-corrected chi connectivity index (χ3v) is 4.90. The summed E-state index contributed by atoms with van der Waals surface area (Å²) in [7, 11) is 0. The molecule has 166 valence electrons. The van der Waals surface area contributed by atoms with Crippen molar-refractivity contribution in [3.8, 4) is 0 Å². The molecule has 0 spiro atoms. The number of rotatable bonds is 20. The zero-order valence-corrected chi connectivity index (χ0v) is 17.7. The van der Waals surface area contributed by atoms with E-state index in [4.69, 9.17) is 10.2 Å². The van der Waals surface area contributed by atoms with E-state index in [2.05, 4.69) is 12.2 Å². The molecule has 0 saturated carbocycles. The second-order valence-corrected chi connectivity index (χ2v) is 7.52. The number of aliphatic hydroxyl groups is 2. The summed E-state index contributed by atoms with van der Waals surface area (Å²) in [5, 5.41) is 30.0. The Hall–Kier alpha value is -1.18. The lowest BCUT2D eigenvalue weighted by molar-refractivity contribution is -0.142.